The fourth-order valence-corrected chi connectivity index (χ4v) is 2.64. The number of benzene rings is 1. The van der Waals surface area contributed by atoms with E-state index in [4.69, 9.17) is 34.8 Å². The molecular formula is C11H6Cl3N5. The van der Waals surface area contributed by atoms with Crippen molar-refractivity contribution in [3.63, 3.8) is 0 Å². The number of hydrogen-bond acceptors (Lipinski definition) is 3. The van der Waals surface area contributed by atoms with Crippen LogP contribution in [-0.4, -0.2) is 24.5 Å². The van der Waals surface area contributed by atoms with Gasteiger partial charge in [-0.15, -0.1) is 0 Å². The summed E-state index contributed by atoms with van der Waals surface area (Å²) in [4.78, 5) is 3.87. The number of aromatic nitrogens is 5. The molecule has 19 heavy (non-hydrogen) atoms. The zero-order chi connectivity index (χ0) is 13.4. The van der Waals surface area contributed by atoms with E-state index in [1.54, 1.807) is 40.2 Å². The Morgan fingerprint density at radius 3 is 2.32 bits per heavy atom. The summed E-state index contributed by atoms with van der Waals surface area (Å²) < 4.78 is 3.15. The molecule has 0 aliphatic carbocycles. The van der Waals surface area contributed by atoms with Crippen LogP contribution < -0.4 is 0 Å². The van der Waals surface area contributed by atoms with E-state index in [-0.39, 0.29) is 0 Å². The van der Waals surface area contributed by atoms with Gasteiger partial charge in [0.25, 0.3) is 0 Å². The van der Waals surface area contributed by atoms with Crippen LogP contribution in [0.2, 0.25) is 15.1 Å². The van der Waals surface area contributed by atoms with E-state index in [0.717, 1.165) is 5.69 Å². The Labute approximate surface area is 123 Å². The summed E-state index contributed by atoms with van der Waals surface area (Å²) in [6.07, 6.45) is 6.40. The summed E-state index contributed by atoms with van der Waals surface area (Å²) in [7, 11) is 0. The number of nitrogens with zero attached hydrogens (tertiary/aromatic N) is 5. The lowest BCUT2D eigenvalue weighted by atomic mass is 10.3. The van der Waals surface area contributed by atoms with Gasteiger partial charge in [0.2, 0.25) is 0 Å². The molecule has 1 aromatic carbocycles. The van der Waals surface area contributed by atoms with Gasteiger partial charge < -0.3 is 0 Å². The van der Waals surface area contributed by atoms with Crippen molar-refractivity contribution >= 4 is 34.8 Å². The maximum atomic E-state index is 6.14. The van der Waals surface area contributed by atoms with Crippen LogP contribution in [-0.2, 0) is 0 Å². The van der Waals surface area contributed by atoms with Gasteiger partial charge in [0, 0.05) is 5.02 Å². The molecule has 0 amide bonds. The SMILES string of the molecule is Clc1cc(Cl)c(-n2cc(-n3cncn3)cn2)c(Cl)c1. The highest BCUT2D eigenvalue weighted by molar-refractivity contribution is 6.40. The fourth-order valence-electron chi connectivity index (χ4n) is 1.65. The topological polar surface area (TPSA) is 48.5 Å². The van der Waals surface area contributed by atoms with Gasteiger partial charge in [-0.2, -0.15) is 10.2 Å². The van der Waals surface area contributed by atoms with Crippen LogP contribution in [0.1, 0.15) is 0 Å². The Morgan fingerprint density at radius 1 is 0.947 bits per heavy atom. The molecule has 0 aliphatic rings. The Bertz CT molecular complexity index is 697. The molecule has 96 valence electrons. The van der Waals surface area contributed by atoms with Crippen molar-refractivity contribution < 1.29 is 0 Å². The molecule has 0 N–H and O–H groups in total. The third-order valence-corrected chi connectivity index (χ3v) is 3.26. The van der Waals surface area contributed by atoms with Gasteiger partial charge in [0.15, 0.2) is 0 Å². The summed E-state index contributed by atoms with van der Waals surface area (Å²) in [6.45, 7) is 0. The van der Waals surface area contributed by atoms with Crippen molar-refractivity contribution in [3.05, 3.63) is 52.2 Å². The van der Waals surface area contributed by atoms with Crippen molar-refractivity contribution in [1.29, 1.82) is 0 Å². The van der Waals surface area contributed by atoms with Crippen LogP contribution in [0.25, 0.3) is 11.4 Å². The molecule has 0 unspecified atom stereocenters. The zero-order valence-corrected chi connectivity index (χ0v) is 11.6. The highest BCUT2D eigenvalue weighted by atomic mass is 35.5. The minimum atomic E-state index is 0.422. The van der Waals surface area contributed by atoms with E-state index in [1.165, 1.54) is 6.33 Å². The fraction of sp³-hybridized carbons (Fsp3) is 0. The number of rotatable bonds is 2. The molecule has 0 atom stereocenters. The second-order valence-corrected chi connectivity index (χ2v) is 4.95. The lowest BCUT2D eigenvalue weighted by molar-refractivity contribution is 0.868. The van der Waals surface area contributed by atoms with E-state index in [9.17, 15) is 0 Å². The van der Waals surface area contributed by atoms with Gasteiger partial charge in [-0.05, 0) is 12.1 Å². The maximum Gasteiger partial charge on any atom is 0.138 e. The van der Waals surface area contributed by atoms with Crippen molar-refractivity contribution in [2.24, 2.45) is 0 Å². The highest BCUT2D eigenvalue weighted by Gasteiger charge is 2.12. The van der Waals surface area contributed by atoms with Gasteiger partial charge in [-0.1, -0.05) is 34.8 Å². The van der Waals surface area contributed by atoms with E-state index >= 15 is 0 Å². The van der Waals surface area contributed by atoms with Crippen LogP contribution in [0.3, 0.4) is 0 Å². The van der Waals surface area contributed by atoms with Crippen LogP contribution in [0, 0.1) is 0 Å². The lowest BCUT2D eigenvalue weighted by Crippen LogP contribution is -1.97. The van der Waals surface area contributed by atoms with Crippen LogP contribution in [0.5, 0.6) is 0 Å². The summed E-state index contributed by atoms with van der Waals surface area (Å²) >= 11 is 18.2. The second kappa shape index (κ2) is 4.85. The predicted molar refractivity (Wildman–Crippen MR) is 73.5 cm³/mol. The van der Waals surface area contributed by atoms with E-state index in [0.29, 0.717) is 20.8 Å². The molecule has 0 fully saturated rings. The van der Waals surface area contributed by atoms with Gasteiger partial charge in [-0.3, -0.25) is 0 Å². The first-order valence-corrected chi connectivity index (χ1v) is 6.33. The molecule has 0 bridgehead atoms. The maximum absolute atomic E-state index is 6.14. The summed E-state index contributed by atoms with van der Waals surface area (Å²) in [6, 6.07) is 3.22. The largest absolute Gasteiger partial charge is 0.236 e. The van der Waals surface area contributed by atoms with E-state index in [1.807, 2.05) is 0 Å². The minimum Gasteiger partial charge on any atom is -0.236 e. The first-order valence-electron chi connectivity index (χ1n) is 5.20. The molecule has 0 saturated heterocycles. The van der Waals surface area contributed by atoms with Crippen LogP contribution in [0.15, 0.2) is 37.2 Å². The van der Waals surface area contributed by atoms with Crippen LogP contribution in [0.4, 0.5) is 0 Å². The highest BCUT2D eigenvalue weighted by Crippen LogP contribution is 2.32. The normalized spacial score (nSPS) is 10.9. The van der Waals surface area contributed by atoms with E-state index in [2.05, 4.69) is 15.2 Å². The van der Waals surface area contributed by atoms with Crippen molar-refractivity contribution in [3.8, 4) is 11.4 Å². The third-order valence-electron chi connectivity index (χ3n) is 2.46. The zero-order valence-electron chi connectivity index (χ0n) is 9.33. The molecule has 2 heterocycles. The number of hydrogen-bond donors (Lipinski definition) is 0. The molecule has 0 aliphatic heterocycles. The van der Waals surface area contributed by atoms with Gasteiger partial charge >= 0.3 is 0 Å². The average molecular weight is 315 g/mol. The average Bonchev–Trinajstić information content (AvgIpc) is 2.97. The second-order valence-electron chi connectivity index (χ2n) is 3.70. The Kier molecular flexibility index (Phi) is 3.18. The Balaban J connectivity index is 2.09. The van der Waals surface area contributed by atoms with Gasteiger partial charge in [-0.25, -0.2) is 14.3 Å². The first kappa shape index (κ1) is 12.5. The molecule has 0 radical (unpaired) electrons. The van der Waals surface area contributed by atoms with Crippen molar-refractivity contribution in [1.82, 2.24) is 24.5 Å². The molecule has 2 aromatic heterocycles. The van der Waals surface area contributed by atoms with Gasteiger partial charge in [0.1, 0.15) is 24.0 Å². The van der Waals surface area contributed by atoms with Crippen LogP contribution >= 0.6 is 34.8 Å². The molecule has 3 rings (SSSR count). The van der Waals surface area contributed by atoms with Crippen molar-refractivity contribution in [2.75, 3.05) is 0 Å². The number of halogens is 3. The van der Waals surface area contributed by atoms with Crippen molar-refractivity contribution in [2.45, 2.75) is 0 Å². The Hall–Kier alpha value is -1.56. The minimum absolute atomic E-state index is 0.422. The lowest BCUT2D eigenvalue weighted by Gasteiger charge is -2.07. The quantitative estimate of drug-likeness (QED) is 0.728. The third kappa shape index (κ3) is 2.32. The molecule has 0 spiro atoms. The summed E-state index contributed by atoms with van der Waals surface area (Å²) in [5.74, 6) is 0. The Morgan fingerprint density at radius 2 is 1.68 bits per heavy atom. The first-order chi connectivity index (χ1) is 9.15. The standard InChI is InChI=1S/C11H6Cl3N5/c12-7-1-9(13)11(10(14)2-7)18-4-8(3-16-18)19-6-15-5-17-19/h1-6H. The molecule has 3 aromatic rings. The molecular weight excluding hydrogens is 309 g/mol. The molecule has 5 nitrogen and oxygen atoms in total. The van der Waals surface area contributed by atoms with Gasteiger partial charge in [0.05, 0.1) is 22.4 Å². The molecule has 0 saturated carbocycles. The summed E-state index contributed by atoms with van der Waals surface area (Å²) in [5, 5.41) is 9.55. The molecule has 8 heteroatoms. The monoisotopic (exact) mass is 313 g/mol. The predicted octanol–water partition coefficient (Wildman–Crippen LogP) is 3.41. The van der Waals surface area contributed by atoms with E-state index < -0.39 is 0 Å². The smallest absolute Gasteiger partial charge is 0.138 e. The summed E-state index contributed by atoms with van der Waals surface area (Å²) in [5.41, 5.74) is 1.32.